The molecule has 2 aromatic heterocycles. The smallest absolute Gasteiger partial charge is 0.405 e. The first kappa shape index (κ1) is 20.4. The van der Waals surface area contributed by atoms with Crippen molar-refractivity contribution in [3.05, 3.63) is 36.5 Å². The molecular formula is C20H22IN5O2S. The molecule has 0 aliphatic heterocycles. The Bertz CT molecular complexity index is 1020. The summed E-state index contributed by atoms with van der Waals surface area (Å²) in [6, 6.07) is 10.1. The number of fused-ring (bicyclic) bond motifs is 1. The van der Waals surface area contributed by atoms with Crippen LogP contribution in [0.3, 0.4) is 0 Å². The highest BCUT2D eigenvalue weighted by atomic mass is 127. The lowest BCUT2D eigenvalue weighted by atomic mass is 9.86. The van der Waals surface area contributed by atoms with Crippen LogP contribution in [0.25, 0.3) is 22.3 Å². The Morgan fingerprint density at radius 1 is 1.34 bits per heavy atom. The average molecular weight is 523 g/mol. The van der Waals surface area contributed by atoms with Gasteiger partial charge in [0.2, 0.25) is 0 Å². The van der Waals surface area contributed by atoms with Crippen molar-refractivity contribution in [2.75, 3.05) is 6.26 Å². The first-order chi connectivity index (χ1) is 14.0. The van der Waals surface area contributed by atoms with Crippen molar-refractivity contribution in [2.45, 2.75) is 40.9 Å². The van der Waals surface area contributed by atoms with Crippen LogP contribution in [0.4, 0.5) is 4.79 Å². The maximum Gasteiger partial charge on any atom is 0.405 e. The molecule has 0 atom stereocenters. The molecule has 2 heterocycles. The van der Waals surface area contributed by atoms with Gasteiger partial charge in [-0.1, -0.05) is 64.7 Å². The minimum atomic E-state index is -0.954. The number of rotatable bonds is 5. The third-order valence-electron chi connectivity index (χ3n) is 5.36. The van der Waals surface area contributed by atoms with Gasteiger partial charge >= 0.3 is 6.09 Å². The van der Waals surface area contributed by atoms with E-state index in [1.807, 2.05) is 35.3 Å². The summed E-state index contributed by atoms with van der Waals surface area (Å²) >= 11 is 3.76. The maximum absolute atomic E-state index is 11.0. The largest absolute Gasteiger partial charge is 0.465 e. The second kappa shape index (κ2) is 8.47. The second-order valence-electron chi connectivity index (χ2n) is 7.33. The summed E-state index contributed by atoms with van der Waals surface area (Å²) in [6.45, 7) is 0.772. The first-order valence-corrected chi connectivity index (χ1v) is 11.8. The van der Waals surface area contributed by atoms with Gasteiger partial charge in [-0.25, -0.2) is 19.4 Å². The second-order valence-corrected chi connectivity index (χ2v) is 10.2. The fourth-order valence-corrected chi connectivity index (χ4v) is 5.05. The molecule has 29 heavy (non-hydrogen) atoms. The summed E-state index contributed by atoms with van der Waals surface area (Å²) in [6.07, 6.45) is 6.42. The van der Waals surface area contributed by atoms with E-state index >= 15 is 0 Å². The van der Waals surface area contributed by atoms with Crippen molar-refractivity contribution in [3.8, 4) is 11.3 Å². The van der Waals surface area contributed by atoms with Crippen molar-refractivity contribution < 1.29 is 9.90 Å². The Hall–Kier alpha value is -1.88. The normalized spacial score (nSPS) is 21.9. The summed E-state index contributed by atoms with van der Waals surface area (Å²) in [5, 5.41) is 18.3. The van der Waals surface area contributed by atoms with E-state index < -0.39 is 6.09 Å². The number of hydrogen-bond donors (Lipinski definition) is 2. The molecule has 4 rings (SSSR count). The number of hydrogen-bond acceptors (Lipinski definition) is 5. The van der Waals surface area contributed by atoms with E-state index in [1.165, 1.54) is 11.8 Å². The van der Waals surface area contributed by atoms with Crippen LogP contribution in [0.1, 0.15) is 25.7 Å². The minimum absolute atomic E-state index is 0.365. The SMILES string of the molecule is CSc1ncc2c(-c3ccccc3)nn(CC3CCC(I)(NC(=O)O)CC3)c2n1. The number of nitrogens with one attached hydrogen (secondary N) is 1. The Labute approximate surface area is 186 Å². The molecule has 1 aromatic carbocycles. The first-order valence-electron chi connectivity index (χ1n) is 9.50. The molecule has 2 N–H and O–H groups in total. The van der Waals surface area contributed by atoms with E-state index in [2.05, 4.69) is 45.0 Å². The summed E-state index contributed by atoms with van der Waals surface area (Å²) in [7, 11) is 0. The topological polar surface area (TPSA) is 92.9 Å². The molecule has 1 saturated carbocycles. The number of carboxylic acid groups (broad SMARTS) is 1. The molecule has 7 nitrogen and oxygen atoms in total. The molecule has 0 saturated heterocycles. The summed E-state index contributed by atoms with van der Waals surface area (Å²) in [4.78, 5) is 20.2. The van der Waals surface area contributed by atoms with Crippen LogP contribution in [0.2, 0.25) is 0 Å². The van der Waals surface area contributed by atoms with Gasteiger partial charge in [-0.15, -0.1) is 0 Å². The van der Waals surface area contributed by atoms with Crippen LogP contribution in [0, 0.1) is 5.92 Å². The fraction of sp³-hybridized carbons (Fsp3) is 0.400. The van der Waals surface area contributed by atoms with Crippen LogP contribution < -0.4 is 5.32 Å². The van der Waals surface area contributed by atoms with Gasteiger partial charge in [0.05, 0.1) is 8.93 Å². The van der Waals surface area contributed by atoms with E-state index in [0.717, 1.165) is 59.7 Å². The van der Waals surface area contributed by atoms with Gasteiger partial charge in [0, 0.05) is 18.3 Å². The zero-order valence-corrected chi connectivity index (χ0v) is 19.0. The number of alkyl halides is 1. The zero-order valence-electron chi connectivity index (χ0n) is 16.0. The van der Waals surface area contributed by atoms with Gasteiger partial charge < -0.3 is 10.4 Å². The van der Waals surface area contributed by atoms with Gasteiger partial charge in [-0.05, 0) is 37.9 Å². The molecule has 0 spiro atoms. The van der Waals surface area contributed by atoms with E-state index in [0.29, 0.717) is 5.92 Å². The molecule has 1 amide bonds. The van der Waals surface area contributed by atoms with E-state index in [-0.39, 0.29) is 3.55 Å². The van der Waals surface area contributed by atoms with E-state index in [1.54, 1.807) is 0 Å². The highest BCUT2D eigenvalue weighted by Gasteiger charge is 2.34. The molecule has 1 aliphatic rings. The van der Waals surface area contributed by atoms with E-state index in [4.69, 9.17) is 15.2 Å². The average Bonchev–Trinajstić information content (AvgIpc) is 3.07. The Balaban J connectivity index is 1.61. The lowest BCUT2D eigenvalue weighted by molar-refractivity contribution is 0.178. The number of aromatic nitrogens is 4. The van der Waals surface area contributed by atoms with Crippen molar-refractivity contribution in [1.29, 1.82) is 0 Å². The fourth-order valence-electron chi connectivity index (χ4n) is 3.86. The molecular weight excluding hydrogens is 501 g/mol. The van der Waals surface area contributed by atoms with Crippen molar-refractivity contribution in [2.24, 2.45) is 5.92 Å². The number of thioether (sulfide) groups is 1. The zero-order chi connectivity index (χ0) is 20.4. The Morgan fingerprint density at radius 2 is 2.07 bits per heavy atom. The molecule has 0 unspecified atom stereocenters. The third-order valence-corrected chi connectivity index (χ3v) is 7.27. The van der Waals surface area contributed by atoms with Gasteiger partial charge in [0.25, 0.3) is 0 Å². The molecule has 0 bridgehead atoms. The molecule has 3 aromatic rings. The summed E-state index contributed by atoms with van der Waals surface area (Å²) in [5.41, 5.74) is 2.82. The molecule has 1 aliphatic carbocycles. The number of benzene rings is 1. The van der Waals surface area contributed by atoms with Crippen LogP contribution in [0.5, 0.6) is 0 Å². The molecule has 0 radical (unpaired) electrons. The Morgan fingerprint density at radius 3 is 2.72 bits per heavy atom. The maximum atomic E-state index is 11.0. The lowest BCUT2D eigenvalue weighted by Gasteiger charge is -2.35. The van der Waals surface area contributed by atoms with Gasteiger partial charge in [-0.3, -0.25) is 0 Å². The van der Waals surface area contributed by atoms with Crippen molar-refractivity contribution >= 4 is 51.5 Å². The van der Waals surface area contributed by atoms with Crippen LogP contribution in [-0.2, 0) is 6.54 Å². The molecule has 1 fully saturated rings. The summed E-state index contributed by atoms with van der Waals surface area (Å²) < 4.78 is 1.64. The summed E-state index contributed by atoms with van der Waals surface area (Å²) in [5.74, 6) is 0.438. The lowest BCUT2D eigenvalue weighted by Crippen LogP contribution is -2.45. The predicted molar refractivity (Wildman–Crippen MR) is 122 cm³/mol. The highest BCUT2D eigenvalue weighted by molar-refractivity contribution is 14.1. The number of amides is 1. The van der Waals surface area contributed by atoms with Crippen LogP contribution >= 0.6 is 34.4 Å². The molecule has 152 valence electrons. The quantitative estimate of drug-likeness (QED) is 0.164. The van der Waals surface area contributed by atoms with Gasteiger partial charge in [0.15, 0.2) is 10.8 Å². The van der Waals surface area contributed by atoms with Crippen molar-refractivity contribution in [3.63, 3.8) is 0 Å². The van der Waals surface area contributed by atoms with Crippen LogP contribution in [-0.4, -0.2) is 40.7 Å². The number of nitrogens with zero attached hydrogens (tertiary/aromatic N) is 4. The monoisotopic (exact) mass is 523 g/mol. The van der Waals surface area contributed by atoms with Crippen LogP contribution in [0.15, 0.2) is 41.7 Å². The number of halogens is 1. The Kier molecular flexibility index (Phi) is 5.95. The van der Waals surface area contributed by atoms with Crippen molar-refractivity contribution in [1.82, 2.24) is 25.1 Å². The third kappa shape index (κ3) is 4.50. The highest BCUT2D eigenvalue weighted by Crippen LogP contribution is 2.38. The van der Waals surface area contributed by atoms with Gasteiger partial charge in [0.1, 0.15) is 5.69 Å². The van der Waals surface area contributed by atoms with E-state index in [9.17, 15) is 4.79 Å². The minimum Gasteiger partial charge on any atom is -0.465 e. The molecule has 9 heteroatoms. The van der Waals surface area contributed by atoms with Gasteiger partial charge in [-0.2, -0.15) is 5.10 Å². The number of carbonyl (C=O) groups is 1. The standard InChI is InChI=1S/C20H22IN5O2S/c1-29-18-22-11-15-16(14-5-3-2-4-6-14)25-26(17(15)23-18)12-13-7-9-20(21,10-8-13)24-19(27)28/h2-6,11,13,24H,7-10,12H2,1H3,(H,27,28). The predicted octanol–water partition coefficient (Wildman–Crippen LogP) is 4.80.